The van der Waals surface area contributed by atoms with Gasteiger partial charge in [-0.3, -0.25) is 0 Å². The Labute approximate surface area is 96.8 Å². The van der Waals surface area contributed by atoms with Crippen molar-refractivity contribution in [1.82, 2.24) is 15.6 Å². The molecule has 1 atom stereocenters. The van der Waals surface area contributed by atoms with Crippen molar-refractivity contribution >= 4 is 0 Å². The number of rotatable bonds is 4. The molecule has 0 saturated carbocycles. The average Bonchev–Trinajstić information content (AvgIpc) is 2.60. The quantitative estimate of drug-likeness (QED) is 0.812. The number of hydrogen-bond donors (Lipinski definition) is 2. The van der Waals surface area contributed by atoms with Crippen LogP contribution in [0.5, 0.6) is 0 Å². The summed E-state index contributed by atoms with van der Waals surface area (Å²) >= 11 is 0. The van der Waals surface area contributed by atoms with Crippen LogP contribution in [0.3, 0.4) is 0 Å². The minimum Gasteiger partial charge on any atom is -0.444 e. The summed E-state index contributed by atoms with van der Waals surface area (Å²) < 4.78 is 5.51. The average molecular weight is 223 g/mol. The van der Waals surface area contributed by atoms with E-state index in [1.807, 2.05) is 13.8 Å². The molecule has 2 heterocycles. The van der Waals surface area contributed by atoms with Gasteiger partial charge >= 0.3 is 0 Å². The van der Waals surface area contributed by atoms with Crippen molar-refractivity contribution in [1.29, 1.82) is 0 Å². The summed E-state index contributed by atoms with van der Waals surface area (Å²) in [5.41, 5.74) is 0.993. The molecule has 0 aliphatic carbocycles. The summed E-state index contributed by atoms with van der Waals surface area (Å²) in [6.07, 6.45) is 3.93. The molecule has 1 aliphatic heterocycles. The maximum Gasteiger partial charge on any atom is 0.208 e. The molecule has 1 aliphatic rings. The van der Waals surface area contributed by atoms with Gasteiger partial charge in [0.15, 0.2) is 0 Å². The predicted octanol–water partition coefficient (Wildman–Crippen LogP) is 1.52. The van der Waals surface area contributed by atoms with Gasteiger partial charge in [-0.05, 0) is 33.2 Å². The first kappa shape index (κ1) is 11.6. The van der Waals surface area contributed by atoms with Crippen molar-refractivity contribution < 1.29 is 4.42 Å². The van der Waals surface area contributed by atoms with Gasteiger partial charge in [0.05, 0.1) is 12.2 Å². The molecule has 1 fully saturated rings. The largest absolute Gasteiger partial charge is 0.444 e. The Morgan fingerprint density at radius 2 is 2.31 bits per heavy atom. The second-order valence-corrected chi connectivity index (χ2v) is 4.53. The zero-order valence-corrected chi connectivity index (χ0v) is 10.2. The molecule has 0 spiro atoms. The van der Waals surface area contributed by atoms with Crippen LogP contribution in [0.15, 0.2) is 4.42 Å². The molecule has 0 radical (unpaired) electrons. The molecule has 2 rings (SSSR count). The number of oxazole rings is 1. The van der Waals surface area contributed by atoms with Crippen molar-refractivity contribution in [3.05, 3.63) is 17.3 Å². The lowest BCUT2D eigenvalue weighted by atomic mass is 10.1. The molecule has 4 heteroatoms. The first-order valence-corrected chi connectivity index (χ1v) is 6.12. The smallest absolute Gasteiger partial charge is 0.208 e. The number of hydrogen-bond acceptors (Lipinski definition) is 4. The molecule has 90 valence electrons. The van der Waals surface area contributed by atoms with Crippen LogP contribution in [-0.2, 0) is 6.54 Å². The van der Waals surface area contributed by atoms with Gasteiger partial charge < -0.3 is 15.1 Å². The van der Waals surface area contributed by atoms with E-state index in [-0.39, 0.29) is 0 Å². The second-order valence-electron chi connectivity index (χ2n) is 4.53. The second kappa shape index (κ2) is 5.46. The highest BCUT2D eigenvalue weighted by Gasteiger charge is 2.12. The van der Waals surface area contributed by atoms with Crippen LogP contribution < -0.4 is 10.6 Å². The van der Waals surface area contributed by atoms with Gasteiger partial charge in [0.25, 0.3) is 0 Å². The van der Waals surface area contributed by atoms with E-state index < -0.39 is 0 Å². The third-order valence-electron chi connectivity index (χ3n) is 3.15. The van der Waals surface area contributed by atoms with E-state index in [1.165, 1.54) is 19.3 Å². The highest BCUT2D eigenvalue weighted by molar-refractivity contribution is 5.05. The van der Waals surface area contributed by atoms with Gasteiger partial charge in [-0.15, -0.1) is 0 Å². The summed E-state index contributed by atoms with van der Waals surface area (Å²) in [6.45, 7) is 6.82. The molecule has 0 amide bonds. The lowest BCUT2D eigenvalue weighted by molar-refractivity contribution is 0.371. The van der Waals surface area contributed by atoms with Crippen molar-refractivity contribution in [2.24, 2.45) is 0 Å². The molecule has 0 bridgehead atoms. The Hall–Kier alpha value is -0.870. The predicted molar refractivity (Wildman–Crippen MR) is 63.3 cm³/mol. The topological polar surface area (TPSA) is 50.1 Å². The van der Waals surface area contributed by atoms with Crippen LogP contribution in [0.25, 0.3) is 0 Å². The van der Waals surface area contributed by atoms with E-state index in [0.717, 1.165) is 37.0 Å². The molecule has 4 nitrogen and oxygen atoms in total. The summed E-state index contributed by atoms with van der Waals surface area (Å²) in [4.78, 5) is 4.34. The molecule has 1 aromatic heterocycles. The Bertz CT molecular complexity index is 310. The Balaban J connectivity index is 1.71. The Kier molecular flexibility index (Phi) is 3.96. The van der Waals surface area contributed by atoms with Crippen molar-refractivity contribution in [2.75, 3.05) is 13.1 Å². The first-order chi connectivity index (χ1) is 7.75. The van der Waals surface area contributed by atoms with Crippen LogP contribution in [0.1, 0.15) is 36.6 Å². The van der Waals surface area contributed by atoms with E-state index in [9.17, 15) is 0 Å². The standard InChI is InChI=1S/C12H21N3O/c1-9-10(2)16-12(15-9)8-13-7-11-5-3-4-6-14-11/h11,13-14H,3-8H2,1-2H3. The Morgan fingerprint density at radius 3 is 2.94 bits per heavy atom. The van der Waals surface area contributed by atoms with Gasteiger partial charge in [-0.2, -0.15) is 0 Å². The number of piperidine rings is 1. The molecular formula is C12H21N3O. The fraction of sp³-hybridized carbons (Fsp3) is 0.750. The van der Waals surface area contributed by atoms with Crippen molar-refractivity contribution in [3.63, 3.8) is 0 Å². The van der Waals surface area contributed by atoms with E-state index >= 15 is 0 Å². The number of nitrogens with one attached hydrogen (secondary N) is 2. The molecular weight excluding hydrogens is 202 g/mol. The molecule has 16 heavy (non-hydrogen) atoms. The highest BCUT2D eigenvalue weighted by atomic mass is 16.4. The zero-order valence-electron chi connectivity index (χ0n) is 10.2. The number of nitrogens with zero attached hydrogens (tertiary/aromatic N) is 1. The van der Waals surface area contributed by atoms with Gasteiger partial charge in [0.2, 0.25) is 5.89 Å². The van der Waals surface area contributed by atoms with E-state index in [4.69, 9.17) is 4.42 Å². The lowest BCUT2D eigenvalue weighted by Crippen LogP contribution is -2.41. The van der Waals surface area contributed by atoms with E-state index in [2.05, 4.69) is 15.6 Å². The molecule has 1 aromatic rings. The van der Waals surface area contributed by atoms with Crippen LogP contribution in [0, 0.1) is 13.8 Å². The lowest BCUT2D eigenvalue weighted by Gasteiger charge is -2.23. The minimum absolute atomic E-state index is 0.617. The summed E-state index contributed by atoms with van der Waals surface area (Å²) in [5, 5.41) is 6.90. The number of aromatic nitrogens is 1. The van der Waals surface area contributed by atoms with Crippen molar-refractivity contribution in [2.45, 2.75) is 45.7 Å². The van der Waals surface area contributed by atoms with E-state index in [0.29, 0.717) is 6.04 Å². The molecule has 0 aromatic carbocycles. The van der Waals surface area contributed by atoms with Gasteiger partial charge in [0.1, 0.15) is 5.76 Å². The van der Waals surface area contributed by atoms with Crippen LogP contribution >= 0.6 is 0 Å². The number of aryl methyl sites for hydroxylation is 2. The highest BCUT2D eigenvalue weighted by Crippen LogP contribution is 2.08. The maximum absolute atomic E-state index is 5.51. The van der Waals surface area contributed by atoms with Gasteiger partial charge in [-0.25, -0.2) is 4.98 Å². The van der Waals surface area contributed by atoms with E-state index in [1.54, 1.807) is 0 Å². The normalized spacial score (nSPS) is 21.2. The first-order valence-electron chi connectivity index (χ1n) is 6.12. The summed E-state index contributed by atoms with van der Waals surface area (Å²) in [7, 11) is 0. The van der Waals surface area contributed by atoms with Gasteiger partial charge in [0, 0.05) is 12.6 Å². The zero-order chi connectivity index (χ0) is 11.4. The third kappa shape index (κ3) is 3.06. The Morgan fingerprint density at radius 1 is 1.44 bits per heavy atom. The molecule has 1 saturated heterocycles. The minimum atomic E-state index is 0.617. The summed E-state index contributed by atoms with van der Waals surface area (Å²) in [6, 6.07) is 0.617. The monoisotopic (exact) mass is 223 g/mol. The fourth-order valence-electron chi connectivity index (χ4n) is 2.07. The third-order valence-corrected chi connectivity index (χ3v) is 3.15. The van der Waals surface area contributed by atoms with Crippen LogP contribution in [-0.4, -0.2) is 24.1 Å². The SMILES string of the molecule is Cc1nc(CNCC2CCCCN2)oc1C. The van der Waals surface area contributed by atoms with Crippen LogP contribution in [0.4, 0.5) is 0 Å². The summed E-state index contributed by atoms with van der Waals surface area (Å²) in [5.74, 6) is 1.72. The molecule has 1 unspecified atom stereocenters. The maximum atomic E-state index is 5.51. The van der Waals surface area contributed by atoms with Gasteiger partial charge in [-0.1, -0.05) is 6.42 Å². The molecule has 2 N–H and O–H groups in total. The van der Waals surface area contributed by atoms with Crippen LogP contribution in [0.2, 0.25) is 0 Å². The van der Waals surface area contributed by atoms with Crippen molar-refractivity contribution in [3.8, 4) is 0 Å². The fourth-order valence-corrected chi connectivity index (χ4v) is 2.07.